The second kappa shape index (κ2) is 6.33. The number of thiophene rings is 1. The third kappa shape index (κ3) is 3.24. The zero-order valence-corrected chi connectivity index (χ0v) is 11.8. The van der Waals surface area contributed by atoms with Gasteiger partial charge in [0.25, 0.3) is 0 Å². The lowest BCUT2D eigenvalue weighted by atomic mass is 9.91. The molecule has 1 aromatic heterocycles. The quantitative estimate of drug-likeness (QED) is 0.894. The fraction of sp³-hybridized carbons (Fsp3) is 0.375. The largest absolute Gasteiger partial charge is 0.316 e. The zero-order valence-electron chi connectivity index (χ0n) is 11.0. The predicted molar refractivity (Wildman–Crippen MR) is 81.6 cm³/mol. The second-order valence-corrected chi connectivity index (χ2v) is 6.07. The van der Waals surface area contributed by atoms with Crippen molar-refractivity contribution in [3.05, 3.63) is 58.3 Å². The molecule has 2 nitrogen and oxygen atoms in total. The van der Waals surface area contributed by atoms with E-state index in [9.17, 15) is 0 Å². The van der Waals surface area contributed by atoms with Gasteiger partial charge in [-0.2, -0.15) is 0 Å². The van der Waals surface area contributed by atoms with E-state index in [-0.39, 0.29) is 0 Å². The SMILES string of the molecule is c1ccc(CNC2CCNCC2c2cccs2)cc1. The van der Waals surface area contributed by atoms with Crippen LogP contribution in [0.4, 0.5) is 0 Å². The second-order valence-electron chi connectivity index (χ2n) is 5.09. The summed E-state index contributed by atoms with van der Waals surface area (Å²) in [5.41, 5.74) is 1.37. The molecule has 1 aromatic carbocycles. The summed E-state index contributed by atoms with van der Waals surface area (Å²) in [6, 6.07) is 15.7. The maximum Gasteiger partial charge on any atom is 0.0212 e. The minimum Gasteiger partial charge on any atom is -0.316 e. The topological polar surface area (TPSA) is 24.1 Å². The van der Waals surface area contributed by atoms with Gasteiger partial charge >= 0.3 is 0 Å². The highest BCUT2D eigenvalue weighted by Crippen LogP contribution is 2.27. The number of hydrogen-bond acceptors (Lipinski definition) is 3. The van der Waals surface area contributed by atoms with Crippen LogP contribution in [0.5, 0.6) is 0 Å². The van der Waals surface area contributed by atoms with Crippen LogP contribution in [0.3, 0.4) is 0 Å². The van der Waals surface area contributed by atoms with E-state index >= 15 is 0 Å². The van der Waals surface area contributed by atoms with Crippen LogP contribution in [0.2, 0.25) is 0 Å². The maximum absolute atomic E-state index is 3.74. The molecule has 2 heterocycles. The Morgan fingerprint density at radius 1 is 1.16 bits per heavy atom. The van der Waals surface area contributed by atoms with E-state index in [0.29, 0.717) is 12.0 Å². The van der Waals surface area contributed by atoms with Crippen molar-refractivity contribution in [2.75, 3.05) is 13.1 Å². The Morgan fingerprint density at radius 3 is 2.84 bits per heavy atom. The molecule has 2 unspecified atom stereocenters. The van der Waals surface area contributed by atoms with E-state index < -0.39 is 0 Å². The number of piperidine rings is 1. The number of hydrogen-bond donors (Lipinski definition) is 2. The fourth-order valence-corrected chi connectivity index (χ4v) is 3.64. The summed E-state index contributed by atoms with van der Waals surface area (Å²) >= 11 is 1.87. The fourth-order valence-electron chi connectivity index (χ4n) is 2.75. The van der Waals surface area contributed by atoms with E-state index in [2.05, 4.69) is 58.5 Å². The molecule has 3 heteroatoms. The molecule has 0 amide bonds. The van der Waals surface area contributed by atoms with Gasteiger partial charge in [0.2, 0.25) is 0 Å². The van der Waals surface area contributed by atoms with Crippen LogP contribution in [-0.2, 0) is 6.54 Å². The molecule has 1 aliphatic rings. The average molecular weight is 272 g/mol. The molecule has 0 spiro atoms. The highest BCUT2D eigenvalue weighted by Gasteiger charge is 2.26. The van der Waals surface area contributed by atoms with Gasteiger partial charge in [-0.05, 0) is 30.0 Å². The van der Waals surface area contributed by atoms with Crippen LogP contribution in [-0.4, -0.2) is 19.1 Å². The summed E-state index contributed by atoms with van der Waals surface area (Å²) in [6.07, 6.45) is 1.20. The first kappa shape index (κ1) is 12.9. The minimum atomic E-state index is 0.583. The van der Waals surface area contributed by atoms with Crippen molar-refractivity contribution in [1.29, 1.82) is 0 Å². The van der Waals surface area contributed by atoms with Gasteiger partial charge in [0, 0.05) is 29.9 Å². The molecule has 3 rings (SSSR count). The zero-order chi connectivity index (χ0) is 12.9. The summed E-state index contributed by atoms with van der Waals surface area (Å²) in [6.45, 7) is 3.18. The minimum absolute atomic E-state index is 0.583. The van der Waals surface area contributed by atoms with Gasteiger partial charge in [0.15, 0.2) is 0 Å². The Kier molecular flexibility index (Phi) is 4.28. The molecule has 0 aliphatic carbocycles. The van der Waals surface area contributed by atoms with E-state index in [1.54, 1.807) is 0 Å². The molecule has 2 N–H and O–H groups in total. The van der Waals surface area contributed by atoms with Crippen LogP contribution in [0.1, 0.15) is 22.8 Å². The Hall–Kier alpha value is -1.16. The molecule has 2 aromatic rings. The molecule has 19 heavy (non-hydrogen) atoms. The Labute approximate surface area is 118 Å². The van der Waals surface area contributed by atoms with Gasteiger partial charge in [-0.15, -0.1) is 11.3 Å². The summed E-state index contributed by atoms with van der Waals surface area (Å²) in [4.78, 5) is 1.50. The number of nitrogens with one attached hydrogen (secondary N) is 2. The molecule has 1 saturated heterocycles. The first-order valence-electron chi connectivity index (χ1n) is 6.95. The smallest absolute Gasteiger partial charge is 0.0212 e. The average Bonchev–Trinajstić information content (AvgIpc) is 3.01. The molecule has 0 radical (unpaired) electrons. The summed E-state index contributed by atoms with van der Waals surface area (Å²) in [5.74, 6) is 0.609. The molecule has 1 aliphatic heterocycles. The van der Waals surface area contributed by atoms with Crippen LogP contribution >= 0.6 is 11.3 Å². The lowest BCUT2D eigenvalue weighted by molar-refractivity contribution is 0.344. The lowest BCUT2D eigenvalue weighted by Gasteiger charge is -2.32. The van der Waals surface area contributed by atoms with Crippen molar-refractivity contribution in [2.45, 2.75) is 24.9 Å². The van der Waals surface area contributed by atoms with E-state index in [1.807, 2.05) is 11.3 Å². The van der Waals surface area contributed by atoms with Crippen LogP contribution < -0.4 is 10.6 Å². The van der Waals surface area contributed by atoms with Crippen LogP contribution in [0, 0.1) is 0 Å². The van der Waals surface area contributed by atoms with Crippen molar-refractivity contribution in [3.8, 4) is 0 Å². The molecule has 100 valence electrons. The van der Waals surface area contributed by atoms with E-state index in [1.165, 1.54) is 16.9 Å². The molecular formula is C16H20N2S. The van der Waals surface area contributed by atoms with Crippen molar-refractivity contribution >= 4 is 11.3 Å². The van der Waals surface area contributed by atoms with Gasteiger partial charge in [-0.3, -0.25) is 0 Å². The third-order valence-corrected chi connectivity index (χ3v) is 4.81. The normalized spacial score (nSPS) is 23.4. The molecule has 0 saturated carbocycles. The first-order chi connectivity index (χ1) is 9.43. The summed E-state index contributed by atoms with van der Waals surface area (Å²) in [5, 5.41) is 9.44. The molecule has 0 bridgehead atoms. The van der Waals surface area contributed by atoms with Crippen molar-refractivity contribution in [1.82, 2.24) is 10.6 Å². The molecule has 2 atom stereocenters. The Bertz CT molecular complexity index is 481. The molecule has 1 fully saturated rings. The van der Waals surface area contributed by atoms with E-state index in [0.717, 1.165) is 19.6 Å². The van der Waals surface area contributed by atoms with Crippen molar-refractivity contribution in [3.63, 3.8) is 0 Å². The third-order valence-electron chi connectivity index (χ3n) is 3.80. The monoisotopic (exact) mass is 272 g/mol. The highest BCUT2D eigenvalue weighted by molar-refractivity contribution is 7.10. The summed E-state index contributed by atoms with van der Waals surface area (Å²) < 4.78 is 0. The Morgan fingerprint density at radius 2 is 2.05 bits per heavy atom. The van der Waals surface area contributed by atoms with Gasteiger partial charge in [-0.1, -0.05) is 36.4 Å². The Balaban J connectivity index is 1.64. The number of rotatable bonds is 4. The van der Waals surface area contributed by atoms with Crippen LogP contribution in [0.15, 0.2) is 47.8 Å². The van der Waals surface area contributed by atoms with Gasteiger partial charge in [0.1, 0.15) is 0 Å². The molecular weight excluding hydrogens is 252 g/mol. The predicted octanol–water partition coefficient (Wildman–Crippen LogP) is 2.98. The maximum atomic E-state index is 3.74. The van der Waals surface area contributed by atoms with Crippen LogP contribution in [0.25, 0.3) is 0 Å². The first-order valence-corrected chi connectivity index (χ1v) is 7.83. The van der Waals surface area contributed by atoms with Crippen molar-refractivity contribution < 1.29 is 0 Å². The highest BCUT2D eigenvalue weighted by atomic mass is 32.1. The summed E-state index contributed by atoms with van der Waals surface area (Å²) in [7, 11) is 0. The number of benzene rings is 1. The van der Waals surface area contributed by atoms with Gasteiger partial charge in [0.05, 0.1) is 0 Å². The lowest BCUT2D eigenvalue weighted by Crippen LogP contribution is -2.45. The van der Waals surface area contributed by atoms with Gasteiger partial charge in [-0.25, -0.2) is 0 Å². The van der Waals surface area contributed by atoms with E-state index in [4.69, 9.17) is 0 Å². The standard InChI is InChI=1S/C16H20N2S/c1-2-5-13(6-3-1)11-18-15-8-9-17-12-14(15)16-7-4-10-19-16/h1-7,10,14-15,17-18H,8-9,11-12H2. The van der Waals surface area contributed by atoms with Crippen molar-refractivity contribution in [2.24, 2.45) is 0 Å². The van der Waals surface area contributed by atoms with Gasteiger partial charge < -0.3 is 10.6 Å².